The molecule has 7 fully saturated rings. The van der Waals surface area contributed by atoms with Crippen LogP contribution in [0.25, 0.3) is 0 Å². The van der Waals surface area contributed by atoms with Crippen LogP contribution in [-0.2, 0) is 57.0 Å². The Bertz CT molecular complexity index is 2530. The molecule has 0 amide bonds. The van der Waals surface area contributed by atoms with E-state index in [9.17, 15) is 70.6 Å². The van der Waals surface area contributed by atoms with Crippen LogP contribution >= 0.6 is 0 Å². The van der Waals surface area contributed by atoms with E-state index in [-0.39, 0.29) is 59.0 Å². The summed E-state index contributed by atoms with van der Waals surface area (Å²) in [4.78, 5) is 41.2. The number of methoxy groups -OCH3 is 2. The quantitative estimate of drug-likeness (QED) is 0.0589. The normalized spacial score (nSPS) is 44.5. The summed E-state index contributed by atoms with van der Waals surface area (Å²) in [5, 5.41) is 121. The van der Waals surface area contributed by atoms with Gasteiger partial charge in [-0.15, -0.1) is 0 Å². The van der Waals surface area contributed by atoms with Crippen LogP contribution < -0.4 is 9.47 Å². The van der Waals surface area contributed by atoms with E-state index < -0.39 is 178 Å². The first kappa shape index (κ1) is 66.8. The molecule has 11 N–H and O–H groups in total. The maximum atomic E-state index is 14.5. The minimum absolute atomic E-state index is 0.0132. The zero-order valence-corrected chi connectivity index (χ0v) is 50.0. The van der Waals surface area contributed by atoms with Gasteiger partial charge in [0.25, 0.3) is 0 Å². The molecule has 9 rings (SSSR count). The number of carbonyl (C=O) groups is 3. The van der Waals surface area contributed by atoms with Crippen LogP contribution in [0, 0.1) is 40.4 Å². The topological polar surface area (TPSA) is 385 Å². The predicted octanol–water partition coefficient (Wildman–Crippen LogP) is -0.319. The van der Waals surface area contributed by atoms with Gasteiger partial charge in [-0.2, -0.15) is 0 Å². The van der Waals surface area contributed by atoms with Gasteiger partial charge in [-0.25, -0.2) is 4.79 Å². The van der Waals surface area contributed by atoms with Crippen molar-refractivity contribution < 1.29 is 127 Å². The van der Waals surface area contributed by atoms with Gasteiger partial charge in [-0.05, 0) is 98.7 Å². The molecule has 4 saturated heterocycles. The van der Waals surface area contributed by atoms with Crippen LogP contribution in [0.2, 0.25) is 0 Å². The number of allylic oxidation sites excluding steroid dienone is 1. The SMILES string of the molecule is COc1ccc(C(=O)O[C@H]2[C@H](O[C@@H]3[C@@H](OC(C)=O)[C@H](O[C@H]4C[C@H]5[C@@H]6CC=C7C[C@@H](O[C@@H]8O[C@H](CO[C@@H]9O[C@H](CO)[C@@H](O)[C@H](O)[C@H]9O)[C@@H](O)[C@H](O)[C@H]8O)CC[C@]7(C)[C@H]6CC[C@]5(C)[C@@]4(O)[C@H](C)C(=O)CCC(C)C)OC[C@@H]3O)OC[C@@H](O)[C@@H]2O)cc1OC. The molecular weight excluding hydrogens is 1140 g/mol. The Morgan fingerprint density at radius 3 is 2.01 bits per heavy atom. The second kappa shape index (κ2) is 27.1. The van der Waals surface area contributed by atoms with Gasteiger partial charge in [0.2, 0.25) is 0 Å². The molecule has 3 saturated carbocycles. The fourth-order valence-corrected chi connectivity index (χ4v) is 15.2. The second-order valence-corrected chi connectivity index (χ2v) is 25.7. The van der Waals surface area contributed by atoms with Crippen LogP contribution in [0.4, 0.5) is 0 Å². The van der Waals surface area contributed by atoms with Gasteiger partial charge >= 0.3 is 11.9 Å². The summed E-state index contributed by atoms with van der Waals surface area (Å²) in [7, 11) is 2.80. The molecule has 4 aliphatic carbocycles. The van der Waals surface area contributed by atoms with Gasteiger partial charge in [-0.1, -0.05) is 46.3 Å². The maximum absolute atomic E-state index is 14.5. The number of rotatable bonds is 20. The lowest BCUT2D eigenvalue weighted by atomic mass is 9.46. The van der Waals surface area contributed by atoms with Crippen molar-refractivity contribution >= 4 is 17.7 Å². The Labute approximate surface area is 499 Å². The lowest BCUT2D eigenvalue weighted by Gasteiger charge is -2.59. The summed E-state index contributed by atoms with van der Waals surface area (Å²) in [5.74, 6) is -2.35. The van der Waals surface area contributed by atoms with E-state index >= 15 is 0 Å². The standard InChI is InChI=1S/C60H90O26/c1-26(2)9-13-35(63)27(3)60(74)42(84-57-52(80-28(4)62)50(37(65)24-78-57)86-56-51(43(66)36(64)23-77-56)85-53(73)29-10-14-38(75-7)39(19-29)76-8)21-34-32-12-11-30-20-31(15-17-58(30,5)33(32)16-18-59(34,60)6)81-55-49(72)47(70)45(68)41(83-55)25-79-54-48(71)46(69)44(67)40(22-61)82-54/h10-11,14,19,26-27,31-34,36-37,40-52,54-57,61,64-72,74H,9,12-13,15-18,20-25H2,1-8H3/t27-,31+,32-,33+,34+,36-,37+,40-,41-,42+,43+,44-,45-,46+,47+,48-,49-,50+,51-,52-,54-,55-,56+,57+,58+,59+,60-/m1/s1. The van der Waals surface area contributed by atoms with Crippen molar-refractivity contribution in [1.29, 1.82) is 0 Å². The van der Waals surface area contributed by atoms with Crippen molar-refractivity contribution in [3.05, 3.63) is 35.4 Å². The lowest BCUT2D eigenvalue weighted by molar-refractivity contribution is -0.345. The van der Waals surface area contributed by atoms with Crippen molar-refractivity contribution in [2.45, 2.75) is 228 Å². The summed E-state index contributed by atoms with van der Waals surface area (Å²) >= 11 is 0. The Hall–Kier alpha value is -3.59. The smallest absolute Gasteiger partial charge is 0.338 e. The fraction of sp³-hybridized carbons (Fsp3) is 0.817. The molecule has 0 aromatic heterocycles. The first-order valence-electron chi connectivity index (χ1n) is 30.1. The molecule has 0 spiro atoms. The predicted molar refractivity (Wildman–Crippen MR) is 293 cm³/mol. The third-order valence-electron chi connectivity index (χ3n) is 20.3. The molecule has 0 bridgehead atoms. The molecule has 0 radical (unpaired) electrons. The van der Waals surface area contributed by atoms with Crippen LogP contribution in [0.5, 0.6) is 11.5 Å². The van der Waals surface area contributed by atoms with Crippen molar-refractivity contribution in [3.8, 4) is 11.5 Å². The number of aliphatic hydroxyl groups excluding tert-OH is 10. The fourth-order valence-electron chi connectivity index (χ4n) is 15.2. The van der Waals surface area contributed by atoms with E-state index in [4.69, 9.17) is 56.8 Å². The van der Waals surface area contributed by atoms with Gasteiger partial charge in [0.05, 0.1) is 58.4 Å². The van der Waals surface area contributed by atoms with E-state index in [1.54, 1.807) is 6.92 Å². The third-order valence-corrected chi connectivity index (χ3v) is 20.3. The average molecular weight is 1230 g/mol. The average Bonchev–Trinajstić information content (AvgIpc) is 1.48. The largest absolute Gasteiger partial charge is 0.493 e. The van der Waals surface area contributed by atoms with Crippen molar-refractivity contribution in [2.75, 3.05) is 40.6 Å². The number of aliphatic hydroxyl groups is 11. The summed E-state index contributed by atoms with van der Waals surface area (Å²) < 4.78 is 71.0. The number of hydrogen-bond donors (Lipinski definition) is 11. The van der Waals surface area contributed by atoms with Crippen LogP contribution in [0.3, 0.4) is 0 Å². The zero-order chi connectivity index (χ0) is 62.5. The van der Waals surface area contributed by atoms with Gasteiger partial charge < -0.3 is 113 Å². The van der Waals surface area contributed by atoms with E-state index in [2.05, 4.69) is 13.0 Å². The number of ketones is 1. The number of Topliss-reactive ketones (excluding diaryl/α,β-unsaturated/α-hetero) is 1. The van der Waals surface area contributed by atoms with E-state index in [1.165, 1.54) is 32.4 Å². The number of carbonyl (C=O) groups excluding carboxylic acids is 3. The molecule has 1 aromatic carbocycles. The molecular formula is C60H90O26. The van der Waals surface area contributed by atoms with Crippen molar-refractivity contribution in [1.82, 2.24) is 0 Å². The minimum atomic E-state index is -1.82. The molecule has 86 heavy (non-hydrogen) atoms. The summed E-state index contributed by atoms with van der Waals surface area (Å²) in [5.41, 5.74) is -2.00. The summed E-state index contributed by atoms with van der Waals surface area (Å²) in [6.07, 6.45) is -23.5. The van der Waals surface area contributed by atoms with Crippen molar-refractivity contribution in [3.63, 3.8) is 0 Å². The molecule has 1 aromatic rings. The lowest BCUT2D eigenvalue weighted by Crippen LogP contribution is -2.64. The molecule has 8 aliphatic rings. The summed E-state index contributed by atoms with van der Waals surface area (Å²) in [6.45, 7) is 9.00. The van der Waals surface area contributed by atoms with Crippen LogP contribution in [-0.4, -0.2) is 243 Å². The van der Waals surface area contributed by atoms with Crippen LogP contribution in [0.15, 0.2) is 29.8 Å². The molecule has 486 valence electrons. The van der Waals surface area contributed by atoms with Crippen LogP contribution in [0.1, 0.15) is 110 Å². The Kier molecular flexibility index (Phi) is 21.0. The molecule has 27 atom stereocenters. The number of fused-ring (bicyclic) bond motifs is 5. The molecule has 26 heteroatoms. The van der Waals surface area contributed by atoms with Gasteiger partial charge in [0.15, 0.2) is 48.9 Å². The number of ether oxygens (including phenoxy) is 12. The van der Waals surface area contributed by atoms with Gasteiger partial charge in [0.1, 0.15) is 84.6 Å². The molecule has 4 aliphatic heterocycles. The number of hydrogen-bond acceptors (Lipinski definition) is 26. The highest BCUT2D eigenvalue weighted by atomic mass is 16.8. The second-order valence-electron chi connectivity index (χ2n) is 25.7. The van der Waals surface area contributed by atoms with Gasteiger partial charge in [-0.3, -0.25) is 9.59 Å². The van der Waals surface area contributed by atoms with E-state index in [0.717, 1.165) is 12.5 Å². The molecule has 4 heterocycles. The highest BCUT2D eigenvalue weighted by Gasteiger charge is 2.71. The van der Waals surface area contributed by atoms with E-state index in [1.807, 2.05) is 20.8 Å². The van der Waals surface area contributed by atoms with Crippen molar-refractivity contribution in [2.24, 2.45) is 40.4 Å². The van der Waals surface area contributed by atoms with E-state index in [0.29, 0.717) is 50.7 Å². The molecule has 26 nitrogen and oxygen atoms in total. The minimum Gasteiger partial charge on any atom is -0.493 e. The Balaban J connectivity index is 0.932. The third kappa shape index (κ3) is 12.8. The molecule has 0 unspecified atom stereocenters. The van der Waals surface area contributed by atoms with Gasteiger partial charge in [0, 0.05) is 24.7 Å². The highest BCUT2D eigenvalue weighted by molar-refractivity contribution is 5.90. The first-order chi connectivity index (χ1) is 40.7. The number of esters is 2. The zero-order valence-electron chi connectivity index (χ0n) is 50.0. The first-order valence-corrected chi connectivity index (χ1v) is 30.1. The number of benzene rings is 1. The maximum Gasteiger partial charge on any atom is 0.338 e. The monoisotopic (exact) mass is 1230 g/mol. The Morgan fingerprint density at radius 2 is 1.35 bits per heavy atom. The highest BCUT2D eigenvalue weighted by Crippen LogP contribution is 2.69. The summed E-state index contributed by atoms with van der Waals surface area (Å²) in [6, 6.07) is 4.23. The Morgan fingerprint density at radius 1 is 0.698 bits per heavy atom.